The van der Waals surface area contributed by atoms with Crippen molar-refractivity contribution in [1.82, 2.24) is 9.55 Å². The second-order valence-electron chi connectivity index (χ2n) is 3.18. The number of furan rings is 1. The zero-order chi connectivity index (χ0) is 11.5. The monoisotopic (exact) mass is 238 g/mol. The number of carboxylic acids is 1. The van der Waals surface area contributed by atoms with E-state index in [2.05, 4.69) is 4.98 Å². The van der Waals surface area contributed by atoms with Crippen LogP contribution in [0.5, 0.6) is 0 Å². The summed E-state index contributed by atoms with van der Waals surface area (Å²) in [5.41, 5.74) is 0. The summed E-state index contributed by atoms with van der Waals surface area (Å²) in [5, 5.41) is 9.55. The molecule has 2 heterocycles. The summed E-state index contributed by atoms with van der Waals surface area (Å²) in [6.07, 6.45) is 3.57. The molecule has 0 radical (unpaired) electrons. The molecule has 0 aliphatic rings. The van der Waals surface area contributed by atoms with E-state index in [9.17, 15) is 4.79 Å². The summed E-state index contributed by atoms with van der Waals surface area (Å²) in [4.78, 5) is 14.7. The minimum Gasteiger partial charge on any atom is -0.475 e. The molecular formula is C10H10N2O3S. The van der Waals surface area contributed by atoms with Gasteiger partial charge in [0.15, 0.2) is 5.16 Å². The third-order valence-corrected chi connectivity index (χ3v) is 3.07. The van der Waals surface area contributed by atoms with Crippen LogP contribution >= 0.6 is 11.8 Å². The van der Waals surface area contributed by atoms with E-state index in [0.29, 0.717) is 11.5 Å². The zero-order valence-electron chi connectivity index (χ0n) is 8.58. The number of hydrogen-bond acceptors (Lipinski definition) is 4. The van der Waals surface area contributed by atoms with Crippen molar-refractivity contribution in [2.24, 2.45) is 7.05 Å². The smallest absolute Gasteiger partial charge is 0.371 e. The first-order chi connectivity index (χ1) is 7.66. The Balaban J connectivity index is 2.00. The van der Waals surface area contributed by atoms with Crippen molar-refractivity contribution >= 4 is 17.7 Å². The number of nitrogens with zero attached hydrogens (tertiary/aromatic N) is 2. The Bertz CT molecular complexity index is 504. The van der Waals surface area contributed by atoms with Crippen LogP contribution in [0.1, 0.15) is 16.3 Å². The lowest BCUT2D eigenvalue weighted by Gasteiger charge is -1.98. The number of aryl methyl sites for hydroxylation is 1. The van der Waals surface area contributed by atoms with Crippen LogP contribution < -0.4 is 0 Å². The lowest BCUT2D eigenvalue weighted by Crippen LogP contribution is -1.92. The molecule has 16 heavy (non-hydrogen) atoms. The number of hydrogen-bond donors (Lipinski definition) is 1. The predicted octanol–water partition coefficient (Wildman–Crippen LogP) is 2.00. The molecule has 6 heteroatoms. The summed E-state index contributed by atoms with van der Waals surface area (Å²) >= 11 is 1.50. The van der Waals surface area contributed by atoms with Crippen LogP contribution in [0.15, 0.2) is 34.1 Å². The van der Waals surface area contributed by atoms with E-state index in [1.807, 2.05) is 17.8 Å². The lowest BCUT2D eigenvalue weighted by atomic mass is 10.4. The van der Waals surface area contributed by atoms with Crippen LogP contribution in [0.2, 0.25) is 0 Å². The van der Waals surface area contributed by atoms with Gasteiger partial charge in [-0.15, -0.1) is 0 Å². The van der Waals surface area contributed by atoms with Crippen molar-refractivity contribution in [3.05, 3.63) is 36.0 Å². The average molecular weight is 238 g/mol. The maximum Gasteiger partial charge on any atom is 0.371 e. The largest absolute Gasteiger partial charge is 0.475 e. The number of thioether (sulfide) groups is 1. The van der Waals surface area contributed by atoms with Crippen molar-refractivity contribution in [1.29, 1.82) is 0 Å². The fourth-order valence-corrected chi connectivity index (χ4v) is 2.02. The second kappa shape index (κ2) is 4.44. The van der Waals surface area contributed by atoms with Crippen LogP contribution in [-0.4, -0.2) is 20.6 Å². The van der Waals surface area contributed by atoms with Crippen LogP contribution in [0.3, 0.4) is 0 Å². The first-order valence-electron chi connectivity index (χ1n) is 4.59. The van der Waals surface area contributed by atoms with Gasteiger partial charge in [0, 0.05) is 19.4 Å². The molecule has 1 N–H and O–H groups in total. The topological polar surface area (TPSA) is 68.3 Å². The predicted molar refractivity (Wildman–Crippen MR) is 58.4 cm³/mol. The number of rotatable bonds is 4. The fourth-order valence-electron chi connectivity index (χ4n) is 1.20. The highest BCUT2D eigenvalue weighted by Crippen LogP contribution is 2.21. The number of imidazole rings is 1. The molecule has 84 valence electrons. The number of carbonyl (C=O) groups is 1. The van der Waals surface area contributed by atoms with Gasteiger partial charge in [0.05, 0.1) is 5.75 Å². The molecule has 0 bridgehead atoms. The van der Waals surface area contributed by atoms with Crippen molar-refractivity contribution in [3.8, 4) is 0 Å². The molecule has 2 aromatic rings. The summed E-state index contributed by atoms with van der Waals surface area (Å²) in [6, 6.07) is 3.12. The van der Waals surface area contributed by atoms with Crippen molar-refractivity contribution < 1.29 is 14.3 Å². The summed E-state index contributed by atoms with van der Waals surface area (Å²) in [7, 11) is 1.90. The molecule has 0 saturated heterocycles. The van der Waals surface area contributed by atoms with Gasteiger partial charge in [-0.2, -0.15) is 0 Å². The van der Waals surface area contributed by atoms with Gasteiger partial charge in [0.1, 0.15) is 5.76 Å². The molecule has 0 atom stereocenters. The Morgan fingerprint density at radius 1 is 1.62 bits per heavy atom. The Kier molecular flexibility index (Phi) is 3.00. The summed E-state index contributed by atoms with van der Waals surface area (Å²) in [5.74, 6) is 0.118. The van der Waals surface area contributed by atoms with Gasteiger partial charge in [-0.25, -0.2) is 9.78 Å². The number of aromatic carboxylic acids is 1. The maximum atomic E-state index is 10.6. The van der Waals surface area contributed by atoms with Crippen molar-refractivity contribution in [2.75, 3.05) is 0 Å². The lowest BCUT2D eigenvalue weighted by molar-refractivity contribution is 0.0661. The second-order valence-corrected chi connectivity index (χ2v) is 4.12. The standard InChI is InChI=1S/C10H10N2O3S/c1-12-5-4-11-10(12)16-6-7-2-3-8(15-7)9(13)14/h2-5H,6H2,1H3,(H,13,14). The molecule has 0 fully saturated rings. The first kappa shape index (κ1) is 10.8. The highest BCUT2D eigenvalue weighted by Gasteiger charge is 2.09. The van der Waals surface area contributed by atoms with E-state index in [0.717, 1.165) is 5.16 Å². The molecule has 5 nitrogen and oxygen atoms in total. The van der Waals surface area contributed by atoms with Crippen LogP contribution in [-0.2, 0) is 12.8 Å². The van der Waals surface area contributed by atoms with Gasteiger partial charge in [-0.05, 0) is 12.1 Å². The molecule has 2 rings (SSSR count). The number of carboxylic acid groups (broad SMARTS) is 1. The van der Waals surface area contributed by atoms with E-state index < -0.39 is 5.97 Å². The molecule has 0 unspecified atom stereocenters. The molecule has 0 aliphatic carbocycles. The van der Waals surface area contributed by atoms with Gasteiger partial charge in [0.2, 0.25) is 5.76 Å². The van der Waals surface area contributed by atoms with E-state index >= 15 is 0 Å². The van der Waals surface area contributed by atoms with E-state index in [1.54, 1.807) is 12.3 Å². The quantitative estimate of drug-likeness (QED) is 0.825. The summed E-state index contributed by atoms with van der Waals surface area (Å²) < 4.78 is 7.02. The minimum atomic E-state index is -1.05. The maximum absolute atomic E-state index is 10.6. The normalized spacial score (nSPS) is 10.6. The molecule has 2 aromatic heterocycles. The van der Waals surface area contributed by atoms with Gasteiger partial charge in [0.25, 0.3) is 0 Å². The SMILES string of the molecule is Cn1ccnc1SCc1ccc(C(=O)O)o1. The van der Waals surface area contributed by atoms with Gasteiger partial charge in [-0.3, -0.25) is 0 Å². The molecule has 0 aromatic carbocycles. The van der Waals surface area contributed by atoms with E-state index in [-0.39, 0.29) is 5.76 Å². The Morgan fingerprint density at radius 3 is 3.00 bits per heavy atom. The van der Waals surface area contributed by atoms with Gasteiger partial charge in [-0.1, -0.05) is 11.8 Å². The van der Waals surface area contributed by atoms with Crippen molar-refractivity contribution in [3.63, 3.8) is 0 Å². The van der Waals surface area contributed by atoms with Gasteiger partial charge < -0.3 is 14.1 Å². The Labute approximate surface area is 96.1 Å². The number of aromatic nitrogens is 2. The molecule has 0 saturated carbocycles. The molecule has 0 amide bonds. The van der Waals surface area contributed by atoms with Crippen molar-refractivity contribution in [2.45, 2.75) is 10.9 Å². The fraction of sp³-hybridized carbons (Fsp3) is 0.200. The third kappa shape index (κ3) is 2.27. The van der Waals surface area contributed by atoms with Gasteiger partial charge >= 0.3 is 5.97 Å². The van der Waals surface area contributed by atoms with E-state index in [1.165, 1.54) is 17.8 Å². The van der Waals surface area contributed by atoms with Crippen LogP contribution in [0.4, 0.5) is 0 Å². The zero-order valence-corrected chi connectivity index (χ0v) is 9.40. The Hall–Kier alpha value is -1.69. The highest BCUT2D eigenvalue weighted by molar-refractivity contribution is 7.98. The van der Waals surface area contributed by atoms with Crippen LogP contribution in [0, 0.1) is 0 Å². The highest BCUT2D eigenvalue weighted by atomic mass is 32.2. The Morgan fingerprint density at radius 2 is 2.44 bits per heavy atom. The molecule has 0 spiro atoms. The first-order valence-corrected chi connectivity index (χ1v) is 5.57. The van der Waals surface area contributed by atoms with Crippen LogP contribution in [0.25, 0.3) is 0 Å². The molecule has 0 aliphatic heterocycles. The third-order valence-electron chi connectivity index (χ3n) is 1.99. The average Bonchev–Trinajstić information content (AvgIpc) is 2.83. The minimum absolute atomic E-state index is 0.0320. The molecular weight excluding hydrogens is 228 g/mol. The summed E-state index contributed by atoms with van der Waals surface area (Å²) in [6.45, 7) is 0. The van der Waals surface area contributed by atoms with E-state index in [4.69, 9.17) is 9.52 Å².